The number of aromatic nitrogens is 2. The van der Waals surface area contributed by atoms with Gasteiger partial charge in [-0.25, -0.2) is 9.37 Å². The Kier molecular flexibility index (Phi) is 7.46. The predicted molar refractivity (Wildman–Crippen MR) is 177 cm³/mol. The predicted octanol–water partition coefficient (Wildman–Crippen LogP) is 9.83. The molecule has 0 fully saturated rings. The first-order valence-electron chi connectivity index (χ1n) is 14.5. The maximum atomic E-state index is 15.0. The molecule has 5 aromatic carbocycles. The third-order valence-electron chi connectivity index (χ3n) is 8.09. The molecule has 0 aliphatic rings. The lowest BCUT2D eigenvalue weighted by Crippen LogP contribution is -2.36. The van der Waals surface area contributed by atoms with Gasteiger partial charge in [0.15, 0.2) is 17.2 Å². The molecule has 0 atom stereocenters. The number of halogens is 2. The number of allylic oxidation sites excluding steroid dienone is 1. The Hall–Kier alpha value is -5.52. The molecule has 0 saturated heterocycles. The van der Waals surface area contributed by atoms with Crippen LogP contribution in [-0.4, -0.2) is 15.3 Å². The lowest BCUT2D eigenvalue weighted by Gasteiger charge is -2.37. The number of ketones is 1. The van der Waals surface area contributed by atoms with E-state index in [0.29, 0.717) is 5.39 Å². The van der Waals surface area contributed by atoms with E-state index in [9.17, 15) is 4.79 Å². The molecule has 7 rings (SSSR count). The van der Waals surface area contributed by atoms with Gasteiger partial charge in [-0.1, -0.05) is 133 Å². The molecule has 0 N–H and O–H groups in total. The Morgan fingerprint density at radius 1 is 0.800 bits per heavy atom. The Bertz CT molecular complexity index is 2060. The monoisotopic (exact) mass is 608 g/mol. The molecule has 2 aromatic heterocycles. The molecule has 0 aliphatic carbocycles. The van der Waals surface area contributed by atoms with E-state index in [0.717, 1.165) is 33.5 Å². The van der Waals surface area contributed by atoms with Crippen LogP contribution in [0.3, 0.4) is 0 Å². The fourth-order valence-corrected chi connectivity index (χ4v) is 6.24. The van der Waals surface area contributed by atoms with Crippen molar-refractivity contribution in [3.05, 3.63) is 191 Å². The van der Waals surface area contributed by atoms with E-state index in [1.807, 2.05) is 91.4 Å². The van der Waals surface area contributed by atoms with Gasteiger partial charge >= 0.3 is 0 Å². The topological polar surface area (TPSA) is 48.0 Å². The highest BCUT2D eigenvalue weighted by atomic mass is 35.5. The molecule has 0 radical (unpaired) electrons. The second-order valence-corrected chi connectivity index (χ2v) is 11.0. The Morgan fingerprint density at radius 2 is 1.38 bits per heavy atom. The van der Waals surface area contributed by atoms with Crippen LogP contribution in [-0.2, 0) is 5.54 Å². The summed E-state index contributed by atoms with van der Waals surface area (Å²) in [4.78, 5) is 18.1. The number of fused-ring (bicyclic) bond motifs is 1. The average Bonchev–Trinajstić information content (AvgIpc) is 3.78. The van der Waals surface area contributed by atoms with Crippen molar-refractivity contribution in [2.24, 2.45) is 0 Å². The SMILES string of the molecule is O=C(C=Cc1ccccc1-c1cn(C(c2ccccc2)(c2ccccc2)c2ccccc2)cn1)c1cc2ccoc2c(Cl)c1F. The van der Waals surface area contributed by atoms with E-state index in [4.69, 9.17) is 21.0 Å². The maximum absolute atomic E-state index is 15.0. The minimum absolute atomic E-state index is 0.120. The molecule has 6 heteroatoms. The molecule has 218 valence electrons. The van der Waals surface area contributed by atoms with E-state index in [-0.39, 0.29) is 16.2 Å². The number of carbonyl (C=O) groups excluding carboxylic acids is 1. The molecule has 0 unspecified atom stereocenters. The summed E-state index contributed by atoms with van der Waals surface area (Å²) in [5.41, 5.74) is 4.95. The highest BCUT2D eigenvalue weighted by molar-refractivity contribution is 6.35. The maximum Gasteiger partial charge on any atom is 0.188 e. The van der Waals surface area contributed by atoms with Crippen LogP contribution in [0, 0.1) is 5.82 Å². The van der Waals surface area contributed by atoms with Crippen LogP contribution in [0.2, 0.25) is 5.02 Å². The first-order chi connectivity index (χ1) is 22.1. The molecule has 0 saturated carbocycles. The normalized spacial score (nSPS) is 11.8. The van der Waals surface area contributed by atoms with Crippen molar-refractivity contribution in [1.82, 2.24) is 9.55 Å². The summed E-state index contributed by atoms with van der Waals surface area (Å²) in [5.74, 6) is -1.31. The summed E-state index contributed by atoms with van der Waals surface area (Å²) in [6, 6.07) is 41.9. The van der Waals surface area contributed by atoms with E-state index in [2.05, 4.69) is 41.0 Å². The lowest BCUT2D eigenvalue weighted by atomic mass is 9.77. The van der Waals surface area contributed by atoms with E-state index in [1.165, 1.54) is 18.4 Å². The molecular weight excluding hydrogens is 583 g/mol. The standard InChI is InChI=1S/C39H26ClFN2O2/c40-36-37(41)33(24-28-22-23-45-38(28)36)35(44)21-20-27-12-10-11-19-32(27)34-25-43(26-42-34)39(29-13-4-1-5-14-29,30-15-6-2-7-16-30)31-17-8-3-9-18-31/h1-26H. The molecule has 2 heterocycles. The van der Waals surface area contributed by atoms with Gasteiger partial charge in [0.05, 0.1) is 23.8 Å². The van der Waals surface area contributed by atoms with E-state index >= 15 is 4.39 Å². The number of benzene rings is 5. The number of hydrogen-bond acceptors (Lipinski definition) is 3. The van der Waals surface area contributed by atoms with Crippen molar-refractivity contribution in [3.63, 3.8) is 0 Å². The van der Waals surface area contributed by atoms with E-state index < -0.39 is 17.1 Å². The number of furan rings is 1. The zero-order chi connectivity index (χ0) is 30.8. The highest BCUT2D eigenvalue weighted by Gasteiger charge is 2.38. The van der Waals surface area contributed by atoms with Gasteiger partial charge < -0.3 is 8.98 Å². The summed E-state index contributed by atoms with van der Waals surface area (Å²) in [6.45, 7) is 0. The second-order valence-electron chi connectivity index (χ2n) is 10.7. The number of nitrogens with zero attached hydrogens (tertiary/aromatic N) is 2. The summed E-state index contributed by atoms with van der Waals surface area (Å²) < 4.78 is 22.4. The summed E-state index contributed by atoms with van der Waals surface area (Å²) in [6.07, 6.45) is 8.35. The number of imidazole rings is 1. The summed E-state index contributed by atoms with van der Waals surface area (Å²) in [7, 11) is 0. The molecule has 7 aromatic rings. The Balaban J connectivity index is 1.33. The van der Waals surface area contributed by atoms with Crippen molar-refractivity contribution >= 4 is 34.4 Å². The van der Waals surface area contributed by atoms with Crippen LogP contribution in [0.1, 0.15) is 32.6 Å². The van der Waals surface area contributed by atoms with Crippen LogP contribution in [0.15, 0.2) is 157 Å². The average molecular weight is 609 g/mol. The highest BCUT2D eigenvalue weighted by Crippen LogP contribution is 2.41. The number of rotatable bonds is 8. The van der Waals surface area contributed by atoms with Gasteiger partial charge in [0.1, 0.15) is 10.6 Å². The first kappa shape index (κ1) is 28.3. The van der Waals surface area contributed by atoms with Crippen molar-refractivity contribution in [2.45, 2.75) is 5.54 Å². The molecule has 0 aliphatic heterocycles. The zero-order valence-corrected chi connectivity index (χ0v) is 24.7. The molecular formula is C39H26ClFN2O2. The van der Waals surface area contributed by atoms with Crippen LogP contribution >= 0.6 is 11.6 Å². The molecule has 4 nitrogen and oxygen atoms in total. The zero-order valence-electron chi connectivity index (χ0n) is 24.0. The fourth-order valence-electron chi connectivity index (χ4n) is 5.99. The fraction of sp³-hybridized carbons (Fsp3) is 0.0256. The van der Waals surface area contributed by atoms with Gasteiger partial charge in [0.25, 0.3) is 0 Å². The molecule has 0 amide bonds. The van der Waals surface area contributed by atoms with Crippen LogP contribution < -0.4 is 0 Å². The van der Waals surface area contributed by atoms with E-state index in [1.54, 1.807) is 12.1 Å². The first-order valence-corrected chi connectivity index (χ1v) is 14.8. The third kappa shape index (κ3) is 4.97. The third-order valence-corrected chi connectivity index (χ3v) is 8.42. The minimum Gasteiger partial charge on any atom is -0.463 e. The smallest absolute Gasteiger partial charge is 0.188 e. The van der Waals surface area contributed by atoms with Gasteiger partial charge in [-0.3, -0.25) is 4.79 Å². The van der Waals surface area contributed by atoms with Crippen LogP contribution in [0.25, 0.3) is 28.3 Å². The van der Waals surface area contributed by atoms with Crippen molar-refractivity contribution in [3.8, 4) is 11.3 Å². The Labute approximate surface area is 264 Å². The largest absolute Gasteiger partial charge is 0.463 e. The van der Waals surface area contributed by atoms with Gasteiger partial charge in [0.2, 0.25) is 0 Å². The van der Waals surface area contributed by atoms with Crippen molar-refractivity contribution in [1.29, 1.82) is 0 Å². The summed E-state index contributed by atoms with van der Waals surface area (Å²) in [5, 5.41) is 0.349. The van der Waals surface area contributed by atoms with Gasteiger partial charge in [0, 0.05) is 17.1 Å². The number of hydrogen-bond donors (Lipinski definition) is 0. The second kappa shape index (κ2) is 11.9. The summed E-state index contributed by atoms with van der Waals surface area (Å²) >= 11 is 6.16. The van der Waals surface area contributed by atoms with Gasteiger partial charge in [-0.15, -0.1) is 0 Å². The molecule has 0 bridgehead atoms. The van der Waals surface area contributed by atoms with Crippen LogP contribution in [0.4, 0.5) is 4.39 Å². The number of carbonyl (C=O) groups is 1. The molecule has 45 heavy (non-hydrogen) atoms. The van der Waals surface area contributed by atoms with Crippen molar-refractivity contribution in [2.75, 3.05) is 0 Å². The van der Waals surface area contributed by atoms with Gasteiger partial charge in [-0.2, -0.15) is 0 Å². The minimum atomic E-state index is -0.806. The lowest BCUT2D eigenvalue weighted by molar-refractivity contribution is 0.104. The quantitative estimate of drug-likeness (QED) is 0.0980. The Morgan fingerprint density at radius 3 is 2.00 bits per heavy atom. The molecule has 0 spiro atoms. The van der Waals surface area contributed by atoms with Crippen molar-refractivity contribution < 1.29 is 13.6 Å². The van der Waals surface area contributed by atoms with Gasteiger partial charge in [-0.05, 0) is 40.5 Å². The van der Waals surface area contributed by atoms with Crippen LogP contribution in [0.5, 0.6) is 0 Å².